The Labute approximate surface area is 228 Å². The zero-order valence-electron chi connectivity index (χ0n) is 21.2. The summed E-state index contributed by atoms with van der Waals surface area (Å²) in [6, 6.07) is 22.7. The van der Waals surface area contributed by atoms with Gasteiger partial charge in [0.25, 0.3) is 5.91 Å². The van der Waals surface area contributed by atoms with Gasteiger partial charge in [0.05, 0.1) is 5.56 Å². The van der Waals surface area contributed by atoms with E-state index in [0.29, 0.717) is 35.1 Å². The number of nitrogens with one attached hydrogen (secondary N) is 1. The first-order chi connectivity index (χ1) is 19.4. The summed E-state index contributed by atoms with van der Waals surface area (Å²) < 4.78 is 5.84. The van der Waals surface area contributed by atoms with Gasteiger partial charge in [-0.05, 0) is 47.5 Å². The number of amides is 1. The fourth-order valence-electron chi connectivity index (χ4n) is 4.37. The summed E-state index contributed by atoms with van der Waals surface area (Å²) >= 11 is 0. The molecule has 1 aliphatic heterocycles. The Bertz CT molecular complexity index is 1760. The number of carbonyl (C=O) groups is 2. The van der Waals surface area contributed by atoms with Gasteiger partial charge in [-0.3, -0.25) is 9.59 Å². The molecule has 9 nitrogen and oxygen atoms in total. The van der Waals surface area contributed by atoms with Crippen LogP contribution in [-0.4, -0.2) is 34.8 Å². The number of fused-ring (bicyclic) bond motifs is 2. The smallest absolute Gasteiger partial charge is 0.336 e. The van der Waals surface area contributed by atoms with E-state index >= 15 is 0 Å². The summed E-state index contributed by atoms with van der Waals surface area (Å²) in [5.41, 5.74) is 2.43. The Morgan fingerprint density at radius 2 is 1.75 bits per heavy atom. The van der Waals surface area contributed by atoms with Crippen LogP contribution in [-0.2, 0) is 11.4 Å². The molecule has 0 spiro atoms. The maximum Gasteiger partial charge on any atom is 0.336 e. The van der Waals surface area contributed by atoms with Gasteiger partial charge in [-0.15, -0.1) is 0 Å². The molecule has 40 heavy (non-hydrogen) atoms. The first-order valence-electron chi connectivity index (χ1n) is 12.4. The van der Waals surface area contributed by atoms with Crippen molar-refractivity contribution in [2.75, 3.05) is 6.54 Å². The Morgan fingerprint density at radius 1 is 0.950 bits per heavy atom. The summed E-state index contributed by atoms with van der Waals surface area (Å²) in [4.78, 5) is 42.3. The summed E-state index contributed by atoms with van der Waals surface area (Å²) in [6.07, 6.45) is 1.97. The highest BCUT2D eigenvalue weighted by atomic mass is 16.6. The minimum absolute atomic E-state index is 0.0434. The van der Waals surface area contributed by atoms with Crippen molar-refractivity contribution in [1.29, 1.82) is 0 Å². The van der Waals surface area contributed by atoms with Gasteiger partial charge in [0.2, 0.25) is 0 Å². The molecule has 0 radical (unpaired) electrons. The average molecular weight is 537 g/mol. The van der Waals surface area contributed by atoms with Crippen molar-refractivity contribution in [3.63, 3.8) is 0 Å². The number of carboxylic acid groups (broad SMARTS) is 1. The van der Waals surface area contributed by atoms with Crippen LogP contribution >= 0.6 is 0 Å². The van der Waals surface area contributed by atoms with Crippen molar-refractivity contribution in [2.45, 2.75) is 13.0 Å². The van der Waals surface area contributed by atoms with Crippen LogP contribution in [0.1, 0.15) is 32.7 Å². The van der Waals surface area contributed by atoms with Crippen molar-refractivity contribution >= 4 is 29.1 Å². The van der Waals surface area contributed by atoms with Gasteiger partial charge in [0.1, 0.15) is 23.7 Å². The monoisotopic (exact) mass is 536 g/mol. The standard InChI is InChI=1S/C31H24N2O7/c34-21-8-11-24-27(16-21)40-28-17-22(35)9-12-25(28)29(24)23-10-7-20(15-26(23)31(37)38)30(36)32-13-4-14-33-39-18-19-5-2-1-3-6-19/h1-3,5-12,14-17,34H,4,13,18H2,(H,32,36)(H,37,38). The molecular formula is C31H24N2O7. The van der Waals surface area contributed by atoms with Gasteiger partial charge < -0.3 is 24.8 Å². The number of carboxylic acids is 1. The molecule has 200 valence electrons. The highest BCUT2D eigenvalue weighted by molar-refractivity contribution is 6.09. The fourth-order valence-corrected chi connectivity index (χ4v) is 4.37. The predicted octanol–water partition coefficient (Wildman–Crippen LogP) is 5.29. The summed E-state index contributed by atoms with van der Waals surface area (Å²) in [6.45, 7) is 0.616. The number of phenols is 1. The molecule has 9 heteroatoms. The van der Waals surface area contributed by atoms with Gasteiger partial charge in [-0.2, -0.15) is 0 Å². The van der Waals surface area contributed by atoms with E-state index in [4.69, 9.17) is 9.25 Å². The van der Waals surface area contributed by atoms with Crippen LogP contribution in [0.5, 0.6) is 5.75 Å². The van der Waals surface area contributed by atoms with Crippen LogP contribution in [0.25, 0.3) is 33.4 Å². The lowest BCUT2D eigenvalue weighted by Crippen LogP contribution is -2.25. The number of rotatable bonds is 9. The van der Waals surface area contributed by atoms with Crippen molar-refractivity contribution in [3.05, 3.63) is 112 Å². The summed E-state index contributed by atoms with van der Waals surface area (Å²) in [7, 11) is 0. The predicted molar refractivity (Wildman–Crippen MR) is 150 cm³/mol. The number of aromatic hydroxyl groups is 1. The van der Waals surface area contributed by atoms with Crippen LogP contribution < -0.4 is 10.7 Å². The van der Waals surface area contributed by atoms with Gasteiger partial charge in [0.15, 0.2) is 5.43 Å². The Kier molecular flexibility index (Phi) is 7.54. The quantitative estimate of drug-likeness (QED) is 0.101. The molecule has 3 aromatic rings. The SMILES string of the molecule is O=C(NCCC=NOCc1ccccc1)c1ccc(-c2c3ccc(=O)cc-3oc3cc(O)ccc23)c(C(=O)O)c1. The van der Waals surface area contributed by atoms with Crippen LogP contribution in [0, 0.1) is 0 Å². The molecule has 5 rings (SSSR count). The van der Waals surface area contributed by atoms with E-state index in [1.807, 2.05) is 30.3 Å². The Balaban J connectivity index is 1.37. The maximum absolute atomic E-state index is 12.8. The molecule has 0 fully saturated rings. The van der Waals surface area contributed by atoms with E-state index in [1.165, 1.54) is 30.3 Å². The lowest BCUT2D eigenvalue weighted by atomic mass is 9.90. The molecule has 0 saturated heterocycles. The second kappa shape index (κ2) is 11.5. The van der Waals surface area contributed by atoms with E-state index in [9.17, 15) is 24.6 Å². The van der Waals surface area contributed by atoms with E-state index in [-0.39, 0.29) is 40.2 Å². The normalized spacial score (nSPS) is 11.2. The zero-order valence-corrected chi connectivity index (χ0v) is 21.2. The third kappa shape index (κ3) is 5.68. The molecule has 0 saturated carbocycles. The number of phenolic OH excluding ortho intramolecular Hbond substituents is 1. The van der Waals surface area contributed by atoms with E-state index < -0.39 is 11.9 Å². The molecule has 3 aromatic carbocycles. The lowest BCUT2D eigenvalue weighted by molar-refractivity contribution is 0.0697. The molecular weight excluding hydrogens is 512 g/mol. The van der Waals surface area contributed by atoms with Gasteiger partial charge in [-0.25, -0.2) is 4.79 Å². The third-order valence-electron chi connectivity index (χ3n) is 6.24. The maximum atomic E-state index is 12.8. The van der Waals surface area contributed by atoms with Gasteiger partial charge >= 0.3 is 5.97 Å². The number of nitrogens with zero attached hydrogens (tertiary/aromatic N) is 1. The lowest BCUT2D eigenvalue weighted by Gasteiger charge is -2.17. The number of benzene rings is 4. The highest BCUT2D eigenvalue weighted by Crippen LogP contribution is 2.42. The van der Waals surface area contributed by atoms with Crippen molar-refractivity contribution in [1.82, 2.24) is 5.32 Å². The minimum atomic E-state index is -1.23. The molecule has 0 aromatic heterocycles. The number of oxime groups is 1. The van der Waals surface area contributed by atoms with Crippen LogP contribution in [0.2, 0.25) is 0 Å². The summed E-state index contributed by atoms with van der Waals surface area (Å²) in [5.74, 6) is -1.47. The number of carbonyl (C=O) groups excluding carboxylic acids is 1. The molecule has 1 heterocycles. The van der Waals surface area contributed by atoms with E-state index in [1.54, 1.807) is 30.5 Å². The van der Waals surface area contributed by atoms with Crippen LogP contribution in [0.3, 0.4) is 0 Å². The van der Waals surface area contributed by atoms with Gasteiger partial charge in [0, 0.05) is 53.4 Å². The number of aromatic carboxylic acids is 1. The largest absolute Gasteiger partial charge is 0.508 e. The average Bonchev–Trinajstić information content (AvgIpc) is 2.95. The fraction of sp³-hybridized carbons (Fsp3) is 0.0968. The van der Waals surface area contributed by atoms with Crippen molar-refractivity contribution < 1.29 is 29.1 Å². The molecule has 0 bridgehead atoms. The third-order valence-corrected chi connectivity index (χ3v) is 6.24. The van der Waals surface area contributed by atoms with Crippen molar-refractivity contribution in [3.8, 4) is 28.2 Å². The molecule has 0 atom stereocenters. The Hall–Kier alpha value is -5.44. The van der Waals surface area contributed by atoms with Crippen molar-refractivity contribution in [2.24, 2.45) is 5.16 Å². The second-order valence-electron chi connectivity index (χ2n) is 8.97. The minimum Gasteiger partial charge on any atom is -0.508 e. The van der Waals surface area contributed by atoms with E-state index in [0.717, 1.165) is 5.56 Å². The first kappa shape index (κ1) is 26.2. The molecule has 1 amide bonds. The second-order valence-corrected chi connectivity index (χ2v) is 8.97. The number of hydrogen-bond acceptors (Lipinski definition) is 7. The van der Waals surface area contributed by atoms with Crippen LogP contribution in [0.4, 0.5) is 0 Å². The molecule has 0 unspecified atom stereocenters. The van der Waals surface area contributed by atoms with Gasteiger partial charge in [-0.1, -0.05) is 41.6 Å². The number of hydrogen-bond donors (Lipinski definition) is 3. The van der Waals surface area contributed by atoms with Crippen LogP contribution in [0.15, 0.2) is 99.3 Å². The molecule has 2 aliphatic rings. The topological polar surface area (TPSA) is 138 Å². The Morgan fingerprint density at radius 3 is 2.55 bits per heavy atom. The molecule has 3 N–H and O–H groups in total. The van der Waals surface area contributed by atoms with E-state index in [2.05, 4.69) is 10.5 Å². The first-order valence-corrected chi connectivity index (χ1v) is 12.4. The molecule has 1 aliphatic carbocycles. The highest BCUT2D eigenvalue weighted by Gasteiger charge is 2.23. The zero-order chi connectivity index (χ0) is 28.1. The summed E-state index contributed by atoms with van der Waals surface area (Å²) in [5, 5.41) is 27.2.